The van der Waals surface area contributed by atoms with Crippen molar-refractivity contribution in [3.05, 3.63) is 41.4 Å². The Bertz CT molecular complexity index is 396. The summed E-state index contributed by atoms with van der Waals surface area (Å²) in [4.78, 5) is 0. The van der Waals surface area contributed by atoms with Crippen molar-refractivity contribution in [2.75, 3.05) is 0 Å². The zero-order chi connectivity index (χ0) is 11.6. The normalized spacial score (nSPS) is 12.9. The lowest BCUT2D eigenvalue weighted by Gasteiger charge is -2.08. The highest BCUT2D eigenvalue weighted by Crippen LogP contribution is 2.31. The summed E-state index contributed by atoms with van der Waals surface area (Å²) in [6.07, 6.45) is -4.44. The summed E-state index contributed by atoms with van der Waals surface area (Å²) in [5.74, 6) is -2.09. The first-order valence-electron chi connectivity index (χ1n) is 3.76. The van der Waals surface area contributed by atoms with Gasteiger partial charge in [-0.25, -0.2) is 4.39 Å². The summed E-state index contributed by atoms with van der Waals surface area (Å²) < 4.78 is 49.3. The van der Waals surface area contributed by atoms with E-state index in [0.717, 1.165) is 6.07 Å². The predicted octanol–water partition coefficient (Wildman–Crippen LogP) is 3.26. The van der Waals surface area contributed by atoms with Crippen LogP contribution in [0.15, 0.2) is 24.5 Å². The van der Waals surface area contributed by atoms with E-state index in [4.69, 9.17) is 10.2 Å². The molecule has 0 bridgehead atoms. The molecule has 0 amide bonds. The van der Waals surface area contributed by atoms with Crippen LogP contribution in [0.5, 0.6) is 0 Å². The second kappa shape index (κ2) is 3.80. The molecule has 1 rings (SSSR count). The molecule has 6 heteroatoms. The Balaban J connectivity index is 3.21. The molecule has 15 heavy (non-hydrogen) atoms. The van der Waals surface area contributed by atoms with Crippen molar-refractivity contribution >= 4 is 5.76 Å². The Morgan fingerprint density at radius 2 is 1.87 bits per heavy atom. The molecule has 0 aromatic heterocycles. The molecule has 0 fully saturated rings. The van der Waals surface area contributed by atoms with Crippen molar-refractivity contribution in [3.8, 4) is 0 Å². The summed E-state index contributed by atoms with van der Waals surface area (Å²) in [5.41, 5.74) is -1.65. The number of benzene rings is 1. The van der Waals surface area contributed by atoms with Gasteiger partial charge in [-0.15, -0.1) is 0 Å². The van der Waals surface area contributed by atoms with Gasteiger partial charge in [0, 0.05) is 0 Å². The molecule has 2 N–H and O–H groups in total. The third kappa shape index (κ3) is 2.39. The molecular formula is C9H6F4O2. The molecular weight excluding hydrogens is 216 g/mol. The maximum absolute atomic E-state index is 13.0. The minimum absolute atomic E-state index is 0.200. The summed E-state index contributed by atoms with van der Waals surface area (Å²) in [6, 6.07) is 1.59. The standard InChI is InChI=1S/C9H6F4O2/c10-7-3-5(9(11,12)13)1-2-6(7)8(15)4-14/h1-4,14-15H/b8-4+. The van der Waals surface area contributed by atoms with Crippen LogP contribution in [0.1, 0.15) is 11.1 Å². The van der Waals surface area contributed by atoms with Crippen molar-refractivity contribution < 1.29 is 27.8 Å². The lowest BCUT2D eigenvalue weighted by Crippen LogP contribution is -2.06. The highest BCUT2D eigenvalue weighted by atomic mass is 19.4. The number of hydrogen-bond donors (Lipinski definition) is 2. The first-order chi connectivity index (χ1) is 6.86. The number of halogens is 4. The molecule has 82 valence electrons. The average Bonchev–Trinajstić information content (AvgIpc) is 2.15. The van der Waals surface area contributed by atoms with Gasteiger partial charge in [0.15, 0.2) is 5.76 Å². The Kier molecular flexibility index (Phi) is 2.88. The van der Waals surface area contributed by atoms with Gasteiger partial charge in [-0.2, -0.15) is 13.2 Å². The van der Waals surface area contributed by atoms with Crippen molar-refractivity contribution in [1.29, 1.82) is 0 Å². The second-order valence-corrected chi connectivity index (χ2v) is 2.71. The van der Waals surface area contributed by atoms with Crippen LogP contribution >= 0.6 is 0 Å². The zero-order valence-corrected chi connectivity index (χ0v) is 7.22. The summed E-state index contributed by atoms with van der Waals surface area (Å²) >= 11 is 0. The molecule has 0 saturated heterocycles. The maximum Gasteiger partial charge on any atom is 0.416 e. The van der Waals surface area contributed by atoms with E-state index in [-0.39, 0.29) is 12.3 Å². The molecule has 1 aromatic rings. The number of hydrogen-bond acceptors (Lipinski definition) is 2. The van der Waals surface area contributed by atoms with Crippen LogP contribution in [-0.2, 0) is 6.18 Å². The van der Waals surface area contributed by atoms with E-state index in [1.54, 1.807) is 0 Å². The Hall–Kier alpha value is -1.72. The third-order valence-corrected chi connectivity index (χ3v) is 1.69. The van der Waals surface area contributed by atoms with Crippen LogP contribution in [0.3, 0.4) is 0 Å². The number of aliphatic hydroxyl groups is 2. The smallest absolute Gasteiger partial charge is 0.416 e. The predicted molar refractivity (Wildman–Crippen MR) is 44.6 cm³/mol. The molecule has 0 saturated carbocycles. The molecule has 0 radical (unpaired) electrons. The maximum atomic E-state index is 13.0. The van der Waals surface area contributed by atoms with E-state index < -0.39 is 28.9 Å². The first kappa shape index (κ1) is 11.4. The Morgan fingerprint density at radius 3 is 2.27 bits per heavy atom. The van der Waals surface area contributed by atoms with Gasteiger partial charge in [0.25, 0.3) is 0 Å². The molecule has 0 aliphatic rings. The van der Waals surface area contributed by atoms with Gasteiger partial charge in [-0.1, -0.05) is 0 Å². The molecule has 1 aromatic carbocycles. The van der Waals surface area contributed by atoms with E-state index in [0.29, 0.717) is 6.07 Å². The van der Waals surface area contributed by atoms with Crippen LogP contribution in [0.25, 0.3) is 5.76 Å². The SMILES string of the molecule is O/C=C(/O)c1ccc(C(F)(F)F)cc1F. The molecule has 2 nitrogen and oxygen atoms in total. The van der Waals surface area contributed by atoms with Gasteiger partial charge >= 0.3 is 6.18 Å². The van der Waals surface area contributed by atoms with Crippen molar-refractivity contribution in [1.82, 2.24) is 0 Å². The number of rotatable bonds is 1. The van der Waals surface area contributed by atoms with Crippen molar-refractivity contribution in [2.24, 2.45) is 0 Å². The van der Waals surface area contributed by atoms with E-state index in [1.165, 1.54) is 0 Å². The van der Waals surface area contributed by atoms with Gasteiger partial charge in [0.05, 0.1) is 11.1 Å². The quantitative estimate of drug-likeness (QED) is 0.565. The molecule has 0 spiro atoms. The summed E-state index contributed by atoms with van der Waals surface area (Å²) in [6.45, 7) is 0. The second-order valence-electron chi connectivity index (χ2n) is 2.71. The third-order valence-electron chi connectivity index (χ3n) is 1.69. The largest absolute Gasteiger partial charge is 0.512 e. The number of alkyl halides is 3. The van der Waals surface area contributed by atoms with Gasteiger partial charge in [-0.05, 0) is 18.2 Å². The molecule has 0 unspecified atom stereocenters. The Labute approximate surface area is 82.1 Å². The fraction of sp³-hybridized carbons (Fsp3) is 0.111. The lowest BCUT2D eigenvalue weighted by atomic mass is 10.1. The van der Waals surface area contributed by atoms with Crippen LogP contribution in [0.4, 0.5) is 17.6 Å². The van der Waals surface area contributed by atoms with Gasteiger partial charge in [-0.3, -0.25) is 0 Å². The lowest BCUT2D eigenvalue weighted by molar-refractivity contribution is -0.137. The summed E-state index contributed by atoms with van der Waals surface area (Å²) in [5, 5.41) is 17.2. The van der Waals surface area contributed by atoms with Crippen molar-refractivity contribution in [2.45, 2.75) is 6.18 Å². The van der Waals surface area contributed by atoms with Crippen LogP contribution in [-0.4, -0.2) is 10.2 Å². The van der Waals surface area contributed by atoms with Gasteiger partial charge < -0.3 is 10.2 Å². The number of aliphatic hydroxyl groups excluding tert-OH is 2. The highest BCUT2D eigenvalue weighted by Gasteiger charge is 2.31. The minimum Gasteiger partial charge on any atom is -0.512 e. The van der Waals surface area contributed by atoms with Crippen LogP contribution < -0.4 is 0 Å². The Morgan fingerprint density at radius 1 is 1.27 bits per heavy atom. The van der Waals surface area contributed by atoms with E-state index in [1.807, 2.05) is 0 Å². The fourth-order valence-corrected chi connectivity index (χ4v) is 0.969. The monoisotopic (exact) mass is 222 g/mol. The zero-order valence-electron chi connectivity index (χ0n) is 7.22. The van der Waals surface area contributed by atoms with Crippen molar-refractivity contribution in [3.63, 3.8) is 0 Å². The fourth-order valence-electron chi connectivity index (χ4n) is 0.969. The molecule has 0 heterocycles. The molecule has 0 aliphatic heterocycles. The topological polar surface area (TPSA) is 40.5 Å². The van der Waals surface area contributed by atoms with Crippen LogP contribution in [0.2, 0.25) is 0 Å². The van der Waals surface area contributed by atoms with Crippen LogP contribution in [0, 0.1) is 5.82 Å². The highest BCUT2D eigenvalue weighted by molar-refractivity contribution is 5.58. The first-order valence-corrected chi connectivity index (χ1v) is 3.76. The molecule has 0 atom stereocenters. The van der Waals surface area contributed by atoms with Gasteiger partial charge in [0.1, 0.15) is 12.1 Å². The summed E-state index contributed by atoms with van der Waals surface area (Å²) in [7, 11) is 0. The van der Waals surface area contributed by atoms with E-state index in [9.17, 15) is 17.6 Å². The minimum atomic E-state index is -4.64. The van der Waals surface area contributed by atoms with E-state index in [2.05, 4.69) is 0 Å². The van der Waals surface area contributed by atoms with Gasteiger partial charge in [0.2, 0.25) is 0 Å². The average molecular weight is 222 g/mol. The molecule has 0 aliphatic carbocycles. The van der Waals surface area contributed by atoms with E-state index >= 15 is 0 Å².